The Bertz CT molecular complexity index is 1540. The number of aryl methyl sites for hydroxylation is 3. The van der Waals surface area contributed by atoms with Gasteiger partial charge in [0.15, 0.2) is 0 Å². The molecule has 0 atom stereocenters. The molecule has 0 bridgehead atoms. The van der Waals surface area contributed by atoms with Crippen molar-refractivity contribution in [1.82, 2.24) is 13.7 Å². The van der Waals surface area contributed by atoms with Crippen molar-refractivity contribution in [3.8, 4) is 0 Å². The highest BCUT2D eigenvalue weighted by molar-refractivity contribution is 6.25. The van der Waals surface area contributed by atoms with Crippen molar-refractivity contribution in [2.24, 2.45) is 0 Å². The Kier molecular flexibility index (Phi) is 12.1. The van der Waals surface area contributed by atoms with Crippen LogP contribution in [0, 0.1) is 0 Å². The first kappa shape index (κ1) is 31.7. The van der Waals surface area contributed by atoms with Gasteiger partial charge in [-0.15, -0.1) is 0 Å². The number of fused-ring (bicyclic) bond motifs is 7. The van der Waals surface area contributed by atoms with Crippen LogP contribution in [-0.2, 0) is 19.6 Å². The van der Waals surface area contributed by atoms with Crippen LogP contribution in [0.15, 0.2) is 48.5 Å². The van der Waals surface area contributed by atoms with Gasteiger partial charge in [0, 0.05) is 30.4 Å². The van der Waals surface area contributed by atoms with Crippen molar-refractivity contribution in [1.29, 1.82) is 0 Å². The Labute approximate surface area is 261 Å². The molecule has 43 heavy (non-hydrogen) atoms. The summed E-state index contributed by atoms with van der Waals surface area (Å²) in [6, 6.07) is 18.6. The maximum absolute atomic E-state index is 2.77. The third-order valence-electron chi connectivity index (χ3n) is 9.86. The van der Waals surface area contributed by atoms with E-state index in [1.54, 1.807) is 0 Å². The van der Waals surface area contributed by atoms with Crippen molar-refractivity contribution in [2.45, 2.75) is 156 Å². The molecule has 5 aromatic rings. The molecule has 0 unspecified atom stereocenters. The van der Waals surface area contributed by atoms with Crippen LogP contribution in [0.5, 0.6) is 0 Å². The molecule has 0 fully saturated rings. The fourth-order valence-corrected chi connectivity index (χ4v) is 7.55. The molecule has 0 saturated carbocycles. The summed E-state index contributed by atoms with van der Waals surface area (Å²) in [7, 11) is 0. The number of unbranched alkanes of at least 4 members (excludes halogenated alkanes) is 15. The Morgan fingerprint density at radius 1 is 0.395 bits per heavy atom. The molecule has 0 radical (unpaired) electrons. The van der Waals surface area contributed by atoms with E-state index in [2.05, 4.69) is 83.0 Å². The lowest BCUT2D eigenvalue weighted by atomic mass is 10.1. The fraction of sp³-hybridized carbons (Fsp3) is 0.600. The molecule has 5 rings (SSSR count). The molecule has 2 aromatic carbocycles. The Hall–Kier alpha value is -2.68. The van der Waals surface area contributed by atoms with E-state index in [-0.39, 0.29) is 0 Å². The standard InChI is InChI=1S/C40H59N3/c1-4-7-10-13-16-23-30-41-36-29-22-20-27-34(36)38-39(41)37-33-26-19-21-28-35(33)42(31-24-17-14-11-8-5-2)40(37)43(38)32-25-18-15-12-9-6-3/h19-22,26-29H,4-18,23-25,30-32H2,1-3H3. The molecule has 0 aliphatic heterocycles. The van der Waals surface area contributed by atoms with Crippen LogP contribution in [0.2, 0.25) is 0 Å². The summed E-state index contributed by atoms with van der Waals surface area (Å²) in [6.45, 7) is 10.3. The van der Waals surface area contributed by atoms with Crippen molar-refractivity contribution >= 4 is 43.9 Å². The predicted molar refractivity (Wildman–Crippen MR) is 191 cm³/mol. The number of rotatable bonds is 21. The van der Waals surface area contributed by atoms with Gasteiger partial charge >= 0.3 is 0 Å². The van der Waals surface area contributed by atoms with E-state index in [4.69, 9.17) is 0 Å². The Balaban J connectivity index is 1.58. The van der Waals surface area contributed by atoms with Gasteiger partial charge in [-0.25, -0.2) is 0 Å². The molecule has 0 spiro atoms. The molecule has 3 heteroatoms. The lowest BCUT2D eigenvalue weighted by molar-refractivity contribution is 0.553. The first-order chi connectivity index (χ1) is 21.3. The second kappa shape index (κ2) is 16.4. The minimum Gasteiger partial charge on any atom is -0.339 e. The second-order valence-corrected chi connectivity index (χ2v) is 13.2. The third kappa shape index (κ3) is 7.18. The number of nitrogens with zero attached hydrogens (tertiary/aromatic N) is 3. The highest BCUT2D eigenvalue weighted by atomic mass is 15.2. The van der Waals surface area contributed by atoms with Crippen molar-refractivity contribution in [3.63, 3.8) is 0 Å². The number of aromatic nitrogens is 3. The number of hydrogen-bond acceptors (Lipinski definition) is 0. The SMILES string of the molecule is CCCCCCCCn1c2ccccc2c2c1c1c3ccccc3n(CCCCCCCC)c1n2CCCCCCCC. The van der Waals surface area contributed by atoms with Crippen molar-refractivity contribution in [3.05, 3.63) is 48.5 Å². The molecule has 3 aromatic heterocycles. The summed E-state index contributed by atoms with van der Waals surface area (Å²) in [6.07, 6.45) is 24.1. The first-order valence-electron chi connectivity index (χ1n) is 18.3. The van der Waals surface area contributed by atoms with Gasteiger partial charge in [-0.3, -0.25) is 0 Å². The quantitative estimate of drug-likeness (QED) is 0.0766. The maximum Gasteiger partial charge on any atom is 0.123 e. The molecule has 234 valence electrons. The molecular formula is C40H59N3. The summed E-state index contributed by atoms with van der Waals surface area (Å²) in [4.78, 5) is 0. The van der Waals surface area contributed by atoms with Crippen LogP contribution >= 0.6 is 0 Å². The van der Waals surface area contributed by atoms with Crippen LogP contribution in [-0.4, -0.2) is 13.7 Å². The minimum absolute atomic E-state index is 1.11. The van der Waals surface area contributed by atoms with E-state index in [0.29, 0.717) is 0 Å². The van der Waals surface area contributed by atoms with Gasteiger partial charge in [0.05, 0.1) is 27.5 Å². The normalized spacial score (nSPS) is 12.2. The summed E-state index contributed by atoms with van der Waals surface area (Å²) in [5, 5.41) is 4.40. The van der Waals surface area contributed by atoms with Crippen LogP contribution < -0.4 is 0 Å². The molecule has 0 aliphatic rings. The van der Waals surface area contributed by atoms with Crippen molar-refractivity contribution < 1.29 is 0 Å². The van der Waals surface area contributed by atoms with E-state index in [0.717, 1.165) is 19.6 Å². The van der Waals surface area contributed by atoms with Gasteiger partial charge in [0.1, 0.15) is 5.65 Å². The zero-order valence-corrected chi connectivity index (χ0v) is 27.8. The molecule has 0 amide bonds. The van der Waals surface area contributed by atoms with Crippen LogP contribution in [0.4, 0.5) is 0 Å². The average molecular weight is 582 g/mol. The smallest absolute Gasteiger partial charge is 0.123 e. The lowest BCUT2D eigenvalue weighted by Gasteiger charge is -2.13. The highest BCUT2D eigenvalue weighted by Gasteiger charge is 2.25. The van der Waals surface area contributed by atoms with Crippen LogP contribution in [0.25, 0.3) is 43.9 Å². The van der Waals surface area contributed by atoms with Gasteiger partial charge in [-0.05, 0) is 31.4 Å². The number of para-hydroxylation sites is 2. The minimum atomic E-state index is 1.11. The average Bonchev–Trinajstić information content (AvgIpc) is 3.64. The van der Waals surface area contributed by atoms with Crippen LogP contribution in [0.3, 0.4) is 0 Å². The summed E-state index contributed by atoms with van der Waals surface area (Å²) >= 11 is 0. The molecule has 3 nitrogen and oxygen atoms in total. The number of hydrogen-bond donors (Lipinski definition) is 0. The first-order valence-corrected chi connectivity index (χ1v) is 18.3. The molecule has 0 N–H and O–H groups in total. The highest BCUT2D eigenvalue weighted by Crippen LogP contribution is 2.42. The summed E-state index contributed by atoms with van der Waals surface area (Å²) in [5.41, 5.74) is 7.32. The van der Waals surface area contributed by atoms with E-state index in [1.807, 2.05) is 0 Å². The zero-order chi connectivity index (χ0) is 29.9. The second-order valence-electron chi connectivity index (χ2n) is 13.2. The zero-order valence-electron chi connectivity index (χ0n) is 27.8. The predicted octanol–water partition coefficient (Wildman–Crippen LogP) is 12.8. The summed E-state index contributed by atoms with van der Waals surface area (Å²) in [5.74, 6) is 0. The molecule has 0 saturated heterocycles. The lowest BCUT2D eigenvalue weighted by Crippen LogP contribution is -2.05. The van der Waals surface area contributed by atoms with Gasteiger partial charge in [0.2, 0.25) is 0 Å². The molecular weight excluding hydrogens is 522 g/mol. The fourth-order valence-electron chi connectivity index (χ4n) is 7.55. The monoisotopic (exact) mass is 581 g/mol. The van der Waals surface area contributed by atoms with Crippen LogP contribution in [0.1, 0.15) is 136 Å². The van der Waals surface area contributed by atoms with Crippen molar-refractivity contribution in [2.75, 3.05) is 0 Å². The van der Waals surface area contributed by atoms with E-state index < -0.39 is 0 Å². The van der Waals surface area contributed by atoms with Gasteiger partial charge in [-0.1, -0.05) is 153 Å². The Morgan fingerprint density at radius 3 is 1.37 bits per heavy atom. The van der Waals surface area contributed by atoms with Gasteiger partial charge in [0.25, 0.3) is 0 Å². The van der Waals surface area contributed by atoms with E-state index in [9.17, 15) is 0 Å². The molecule has 0 aliphatic carbocycles. The summed E-state index contributed by atoms with van der Waals surface area (Å²) < 4.78 is 8.19. The third-order valence-corrected chi connectivity index (χ3v) is 9.86. The van der Waals surface area contributed by atoms with Gasteiger partial charge < -0.3 is 13.7 Å². The Morgan fingerprint density at radius 2 is 0.814 bits per heavy atom. The maximum atomic E-state index is 2.77. The largest absolute Gasteiger partial charge is 0.339 e. The van der Waals surface area contributed by atoms with E-state index in [1.165, 1.54) is 159 Å². The molecule has 3 heterocycles. The van der Waals surface area contributed by atoms with Gasteiger partial charge in [-0.2, -0.15) is 0 Å². The van der Waals surface area contributed by atoms with E-state index >= 15 is 0 Å². The number of benzene rings is 2. The topological polar surface area (TPSA) is 14.8 Å².